The van der Waals surface area contributed by atoms with Crippen LogP contribution in [-0.4, -0.2) is 35.8 Å². The Labute approximate surface area is 194 Å². The highest BCUT2D eigenvalue weighted by molar-refractivity contribution is 5.92. The number of pyridine rings is 2. The second kappa shape index (κ2) is 8.93. The van der Waals surface area contributed by atoms with Crippen molar-refractivity contribution in [2.24, 2.45) is 0 Å². The SMILES string of the molecule is c1ccc(-c2cccc3c2CCN3c2nccc3cc(CNC4CCOCC4)cnc23)cc1. The van der Waals surface area contributed by atoms with Gasteiger partial charge in [0.15, 0.2) is 5.82 Å². The van der Waals surface area contributed by atoms with E-state index < -0.39 is 0 Å². The van der Waals surface area contributed by atoms with E-state index in [1.54, 1.807) is 0 Å². The first-order chi connectivity index (χ1) is 16.4. The summed E-state index contributed by atoms with van der Waals surface area (Å²) in [5.41, 5.74) is 7.37. The topological polar surface area (TPSA) is 50.3 Å². The Morgan fingerprint density at radius 3 is 2.73 bits per heavy atom. The normalized spacial score (nSPS) is 16.3. The van der Waals surface area contributed by atoms with Gasteiger partial charge in [-0.3, -0.25) is 4.98 Å². The molecular formula is C28H28N4O. The zero-order chi connectivity index (χ0) is 22.0. The van der Waals surface area contributed by atoms with E-state index >= 15 is 0 Å². The quantitative estimate of drug-likeness (QED) is 0.462. The van der Waals surface area contributed by atoms with E-state index in [0.29, 0.717) is 6.04 Å². The van der Waals surface area contributed by atoms with Crippen molar-refractivity contribution in [3.8, 4) is 11.1 Å². The second-order valence-electron chi connectivity index (χ2n) is 8.89. The molecule has 0 bridgehead atoms. The van der Waals surface area contributed by atoms with Gasteiger partial charge in [-0.2, -0.15) is 0 Å². The minimum absolute atomic E-state index is 0.530. The van der Waals surface area contributed by atoms with Crippen molar-refractivity contribution in [2.75, 3.05) is 24.7 Å². The summed E-state index contributed by atoms with van der Waals surface area (Å²) in [6.45, 7) is 3.45. The molecule has 1 saturated heterocycles. The minimum atomic E-state index is 0.530. The van der Waals surface area contributed by atoms with Crippen LogP contribution in [0.1, 0.15) is 24.0 Å². The van der Waals surface area contributed by atoms with Crippen LogP contribution in [0.2, 0.25) is 0 Å². The molecule has 33 heavy (non-hydrogen) atoms. The van der Waals surface area contributed by atoms with E-state index in [4.69, 9.17) is 14.7 Å². The van der Waals surface area contributed by atoms with Crippen molar-refractivity contribution >= 4 is 22.4 Å². The highest BCUT2D eigenvalue weighted by Gasteiger charge is 2.26. The first-order valence-electron chi connectivity index (χ1n) is 11.9. The average Bonchev–Trinajstić information content (AvgIpc) is 3.32. The summed E-state index contributed by atoms with van der Waals surface area (Å²) in [6.07, 6.45) is 7.07. The lowest BCUT2D eigenvalue weighted by molar-refractivity contribution is 0.0776. The number of fused-ring (bicyclic) bond motifs is 2. The van der Waals surface area contributed by atoms with Crippen LogP contribution in [0, 0.1) is 0 Å². The number of ether oxygens (including phenoxy) is 1. The van der Waals surface area contributed by atoms with Crippen molar-refractivity contribution < 1.29 is 4.74 Å². The number of aromatic nitrogens is 2. The van der Waals surface area contributed by atoms with Crippen LogP contribution in [0.3, 0.4) is 0 Å². The molecule has 2 aromatic heterocycles. The van der Waals surface area contributed by atoms with Crippen molar-refractivity contribution in [3.63, 3.8) is 0 Å². The van der Waals surface area contributed by atoms with E-state index in [1.165, 1.54) is 27.9 Å². The maximum Gasteiger partial charge on any atom is 0.159 e. The fourth-order valence-electron chi connectivity index (χ4n) is 5.09. The third-order valence-electron chi connectivity index (χ3n) is 6.82. The zero-order valence-electron chi connectivity index (χ0n) is 18.7. The Morgan fingerprint density at radius 2 is 1.85 bits per heavy atom. The average molecular weight is 437 g/mol. The molecule has 0 unspecified atom stereocenters. The van der Waals surface area contributed by atoms with Gasteiger partial charge in [0.2, 0.25) is 0 Å². The molecule has 4 heterocycles. The molecule has 4 aromatic rings. The van der Waals surface area contributed by atoms with Gasteiger partial charge in [0.25, 0.3) is 0 Å². The molecule has 0 atom stereocenters. The number of rotatable bonds is 5. The molecule has 0 saturated carbocycles. The summed E-state index contributed by atoms with van der Waals surface area (Å²) in [4.78, 5) is 12.0. The van der Waals surface area contributed by atoms with Crippen LogP contribution >= 0.6 is 0 Å². The lowest BCUT2D eigenvalue weighted by Gasteiger charge is -2.23. The number of hydrogen-bond acceptors (Lipinski definition) is 5. The molecule has 5 heteroatoms. The molecule has 0 radical (unpaired) electrons. The van der Waals surface area contributed by atoms with Crippen molar-refractivity contribution in [3.05, 3.63) is 84.2 Å². The van der Waals surface area contributed by atoms with E-state index in [-0.39, 0.29) is 0 Å². The number of anilines is 2. The second-order valence-corrected chi connectivity index (χ2v) is 8.89. The first-order valence-corrected chi connectivity index (χ1v) is 11.9. The number of hydrogen-bond donors (Lipinski definition) is 1. The minimum Gasteiger partial charge on any atom is -0.381 e. The van der Waals surface area contributed by atoms with Gasteiger partial charge in [-0.25, -0.2) is 4.98 Å². The van der Waals surface area contributed by atoms with Crippen LogP contribution < -0.4 is 10.2 Å². The van der Waals surface area contributed by atoms with Crippen molar-refractivity contribution in [1.82, 2.24) is 15.3 Å². The summed E-state index contributed by atoms with van der Waals surface area (Å²) in [5.74, 6) is 0.945. The Balaban J connectivity index is 1.30. The molecule has 0 aliphatic carbocycles. The van der Waals surface area contributed by atoms with Crippen LogP contribution in [-0.2, 0) is 17.7 Å². The summed E-state index contributed by atoms with van der Waals surface area (Å²) in [6, 6.07) is 22.1. The van der Waals surface area contributed by atoms with E-state index in [2.05, 4.69) is 70.9 Å². The third-order valence-corrected chi connectivity index (χ3v) is 6.82. The fourth-order valence-corrected chi connectivity index (χ4v) is 5.09. The van der Waals surface area contributed by atoms with Gasteiger partial charge in [-0.1, -0.05) is 42.5 Å². The lowest BCUT2D eigenvalue weighted by atomic mass is 9.98. The standard InChI is InChI=1S/C28H28N4O/c1-2-5-21(6-3-1)24-7-4-8-26-25(24)10-14-32(26)28-27-22(9-13-29-28)17-20(19-31-27)18-30-23-11-15-33-16-12-23/h1-9,13,17,19,23,30H,10-12,14-16,18H2. The predicted octanol–water partition coefficient (Wildman–Crippen LogP) is 5.26. The number of nitrogens with one attached hydrogen (secondary N) is 1. The summed E-state index contributed by atoms with van der Waals surface area (Å²) in [7, 11) is 0. The van der Waals surface area contributed by atoms with Crippen molar-refractivity contribution in [1.29, 1.82) is 0 Å². The Bertz CT molecular complexity index is 1270. The largest absolute Gasteiger partial charge is 0.381 e. The van der Waals surface area contributed by atoms with Crippen LogP contribution in [0.5, 0.6) is 0 Å². The molecule has 5 nitrogen and oxygen atoms in total. The molecule has 6 rings (SSSR count). The molecule has 166 valence electrons. The van der Waals surface area contributed by atoms with Gasteiger partial charge < -0.3 is 15.0 Å². The zero-order valence-corrected chi connectivity index (χ0v) is 18.7. The van der Waals surface area contributed by atoms with Gasteiger partial charge in [-0.15, -0.1) is 0 Å². The van der Waals surface area contributed by atoms with E-state index in [9.17, 15) is 0 Å². The number of nitrogens with zero attached hydrogens (tertiary/aromatic N) is 3. The van der Waals surface area contributed by atoms with Gasteiger partial charge in [0.05, 0.1) is 0 Å². The Morgan fingerprint density at radius 1 is 0.970 bits per heavy atom. The lowest BCUT2D eigenvalue weighted by Crippen LogP contribution is -2.34. The van der Waals surface area contributed by atoms with E-state index in [0.717, 1.165) is 62.3 Å². The highest BCUT2D eigenvalue weighted by atomic mass is 16.5. The molecule has 2 aliphatic heterocycles. The molecule has 2 aliphatic rings. The summed E-state index contributed by atoms with van der Waals surface area (Å²) in [5, 5.41) is 4.80. The molecule has 2 aromatic carbocycles. The molecular weight excluding hydrogens is 408 g/mol. The molecule has 0 amide bonds. The summed E-state index contributed by atoms with van der Waals surface area (Å²) >= 11 is 0. The number of benzene rings is 2. The summed E-state index contributed by atoms with van der Waals surface area (Å²) < 4.78 is 5.46. The van der Waals surface area contributed by atoms with Crippen molar-refractivity contribution in [2.45, 2.75) is 31.8 Å². The fraction of sp³-hybridized carbons (Fsp3) is 0.286. The maximum atomic E-state index is 5.46. The predicted molar refractivity (Wildman–Crippen MR) is 133 cm³/mol. The maximum absolute atomic E-state index is 5.46. The van der Waals surface area contributed by atoms with Gasteiger partial charge >= 0.3 is 0 Å². The Kier molecular flexibility index (Phi) is 5.50. The van der Waals surface area contributed by atoms with E-state index in [1.807, 2.05) is 12.4 Å². The smallest absolute Gasteiger partial charge is 0.159 e. The van der Waals surface area contributed by atoms with Crippen LogP contribution in [0.4, 0.5) is 11.5 Å². The molecule has 0 spiro atoms. The molecule has 1 fully saturated rings. The van der Waals surface area contributed by atoms with Gasteiger partial charge in [0, 0.05) is 55.8 Å². The van der Waals surface area contributed by atoms with Crippen LogP contribution in [0.25, 0.3) is 22.0 Å². The Hall–Kier alpha value is -3.28. The van der Waals surface area contributed by atoms with Gasteiger partial charge in [0.1, 0.15) is 5.52 Å². The first kappa shape index (κ1) is 20.3. The highest BCUT2D eigenvalue weighted by Crippen LogP contribution is 2.40. The molecule has 1 N–H and O–H groups in total. The van der Waals surface area contributed by atoms with Crippen LogP contribution in [0.15, 0.2) is 73.1 Å². The monoisotopic (exact) mass is 436 g/mol. The van der Waals surface area contributed by atoms with Gasteiger partial charge in [-0.05, 0) is 59.7 Å². The third kappa shape index (κ3) is 3.99.